The summed E-state index contributed by atoms with van der Waals surface area (Å²) in [5.74, 6) is 0.297. The number of aromatic nitrogens is 1. The quantitative estimate of drug-likeness (QED) is 0.429. The first-order valence-electron chi connectivity index (χ1n) is 10.8. The molecule has 1 aromatic heterocycles. The maximum absolute atomic E-state index is 11.5. The highest BCUT2D eigenvalue weighted by atomic mass is 32.2. The van der Waals surface area contributed by atoms with E-state index in [1.807, 2.05) is 18.3 Å². The van der Waals surface area contributed by atoms with Gasteiger partial charge in [-0.25, -0.2) is 4.98 Å². The molecule has 1 atom stereocenters. The fraction of sp³-hybridized carbons (Fsp3) is 0.440. The molecule has 3 rings (SSSR count). The summed E-state index contributed by atoms with van der Waals surface area (Å²) in [4.78, 5) is 24.7. The molecule has 0 fully saturated rings. The molecule has 1 amide bonds. The van der Waals surface area contributed by atoms with Crippen molar-refractivity contribution in [1.29, 1.82) is 0 Å². The van der Waals surface area contributed by atoms with Crippen molar-refractivity contribution in [3.63, 3.8) is 0 Å². The van der Waals surface area contributed by atoms with Crippen molar-refractivity contribution in [2.75, 3.05) is 18.5 Å². The van der Waals surface area contributed by atoms with Gasteiger partial charge in [0.15, 0.2) is 0 Å². The Morgan fingerprint density at radius 3 is 2.15 bits per heavy atom. The zero-order valence-electron chi connectivity index (χ0n) is 20.4. The van der Waals surface area contributed by atoms with Gasteiger partial charge in [0, 0.05) is 47.3 Å². The minimum Gasteiger partial charge on any atom is -0.507 e. The number of amides is 1. The summed E-state index contributed by atoms with van der Waals surface area (Å²) in [6.45, 7) is 12.5. The van der Waals surface area contributed by atoms with Crippen molar-refractivity contribution in [1.82, 2.24) is 4.98 Å². The zero-order chi connectivity index (χ0) is 24.7. The monoisotopic (exact) mass is 467 g/mol. The average Bonchev–Trinajstić information content (AvgIpc) is 3.51. The molecule has 1 aliphatic heterocycles. The average molecular weight is 468 g/mol. The molecule has 1 aliphatic rings. The fourth-order valence-corrected chi connectivity index (χ4v) is 4.59. The number of aliphatic imine (C=N–C) groups is 2. The summed E-state index contributed by atoms with van der Waals surface area (Å²) in [6, 6.07) is 3.87. The van der Waals surface area contributed by atoms with Crippen LogP contribution < -0.4 is 11.5 Å². The van der Waals surface area contributed by atoms with Crippen LogP contribution in [0.15, 0.2) is 27.1 Å². The van der Waals surface area contributed by atoms with E-state index in [2.05, 4.69) is 56.5 Å². The van der Waals surface area contributed by atoms with E-state index in [1.165, 1.54) is 11.8 Å². The van der Waals surface area contributed by atoms with Crippen LogP contribution in [0.4, 0.5) is 5.82 Å². The number of aromatic hydroxyl groups is 1. The van der Waals surface area contributed by atoms with Gasteiger partial charge in [-0.05, 0) is 28.5 Å². The molecule has 0 radical (unpaired) electrons. The lowest BCUT2D eigenvalue weighted by atomic mass is 9.77. The maximum atomic E-state index is 11.5. The predicted molar refractivity (Wildman–Crippen MR) is 138 cm³/mol. The lowest BCUT2D eigenvalue weighted by molar-refractivity contribution is -0.115. The number of nitrogens with two attached hydrogens (primary N) is 2. The van der Waals surface area contributed by atoms with Crippen LogP contribution in [0.3, 0.4) is 0 Å². The van der Waals surface area contributed by atoms with Crippen LogP contribution in [0, 0.1) is 0 Å². The number of anilines is 1. The Hall–Kier alpha value is -2.87. The fourth-order valence-electron chi connectivity index (χ4n) is 3.83. The van der Waals surface area contributed by atoms with E-state index >= 15 is 0 Å². The number of nitrogens with zero attached hydrogens (tertiary/aromatic N) is 3. The second-order valence-corrected chi connectivity index (χ2v) is 11.3. The Balaban J connectivity index is 2.43. The molecule has 7 nitrogen and oxygen atoms in total. The number of rotatable bonds is 6. The molecule has 8 heteroatoms. The summed E-state index contributed by atoms with van der Waals surface area (Å²) < 4.78 is 0. The Labute approximate surface area is 199 Å². The molecule has 33 heavy (non-hydrogen) atoms. The first-order valence-corrected chi connectivity index (χ1v) is 11.8. The number of carbonyl (C=O) groups excluding carboxylic acids is 1. The number of thioether (sulfide) groups is 1. The second-order valence-electron chi connectivity index (χ2n) is 10.3. The highest BCUT2D eigenvalue weighted by Gasteiger charge is 2.32. The molecule has 0 spiro atoms. The van der Waals surface area contributed by atoms with Gasteiger partial charge in [-0.1, -0.05) is 53.3 Å². The molecule has 5 N–H and O–H groups in total. The van der Waals surface area contributed by atoms with Crippen molar-refractivity contribution >= 4 is 35.9 Å². The molecule has 2 aromatic rings. The Bertz CT molecular complexity index is 1120. The number of hydrogen-bond acceptors (Lipinski definition) is 7. The van der Waals surface area contributed by atoms with Gasteiger partial charge in [-0.2, -0.15) is 0 Å². The molecule has 0 saturated heterocycles. The number of hydrogen-bond donors (Lipinski definition) is 3. The maximum Gasteiger partial charge on any atom is 0.227 e. The van der Waals surface area contributed by atoms with Crippen molar-refractivity contribution in [2.24, 2.45) is 15.7 Å². The van der Waals surface area contributed by atoms with Gasteiger partial charge in [0.05, 0.1) is 5.75 Å². The van der Waals surface area contributed by atoms with Crippen LogP contribution in [-0.2, 0) is 15.6 Å². The Kier molecular flexibility index (Phi) is 6.62. The number of pyridine rings is 1. The topological polar surface area (TPSA) is 127 Å². The molecule has 0 bridgehead atoms. The largest absolute Gasteiger partial charge is 0.507 e. The van der Waals surface area contributed by atoms with Crippen LogP contribution in [0.5, 0.6) is 5.75 Å². The normalized spacial score (nSPS) is 15.9. The Morgan fingerprint density at radius 1 is 1.18 bits per heavy atom. The summed E-state index contributed by atoms with van der Waals surface area (Å²) in [5, 5.41) is 11.8. The van der Waals surface area contributed by atoms with Crippen LogP contribution in [-0.4, -0.2) is 41.2 Å². The van der Waals surface area contributed by atoms with Gasteiger partial charge in [0.1, 0.15) is 22.6 Å². The molecular formula is C25H33N5O2S. The third kappa shape index (κ3) is 5.21. The van der Waals surface area contributed by atoms with Gasteiger partial charge in [0.2, 0.25) is 5.91 Å². The van der Waals surface area contributed by atoms with Gasteiger partial charge in [-0.3, -0.25) is 14.8 Å². The second kappa shape index (κ2) is 8.82. The van der Waals surface area contributed by atoms with E-state index in [1.54, 1.807) is 13.3 Å². The van der Waals surface area contributed by atoms with Gasteiger partial charge >= 0.3 is 0 Å². The van der Waals surface area contributed by atoms with Gasteiger partial charge < -0.3 is 16.6 Å². The van der Waals surface area contributed by atoms with Crippen molar-refractivity contribution in [3.05, 3.63) is 34.4 Å². The summed E-state index contributed by atoms with van der Waals surface area (Å²) in [5.41, 5.74) is 16.2. The third-order valence-corrected chi connectivity index (χ3v) is 6.50. The number of primary amides is 1. The van der Waals surface area contributed by atoms with E-state index in [9.17, 15) is 9.90 Å². The van der Waals surface area contributed by atoms with Crippen LogP contribution >= 0.6 is 11.8 Å². The Morgan fingerprint density at radius 2 is 1.73 bits per heavy atom. The molecule has 1 aromatic carbocycles. The van der Waals surface area contributed by atoms with Crippen LogP contribution in [0.2, 0.25) is 0 Å². The smallest absolute Gasteiger partial charge is 0.227 e. The first kappa shape index (κ1) is 24.8. The summed E-state index contributed by atoms with van der Waals surface area (Å²) >= 11 is 1.23. The molecule has 176 valence electrons. The lowest BCUT2D eigenvalue weighted by Crippen LogP contribution is -2.18. The van der Waals surface area contributed by atoms with E-state index < -0.39 is 5.91 Å². The van der Waals surface area contributed by atoms with Crippen molar-refractivity contribution in [3.8, 4) is 16.9 Å². The zero-order valence-corrected chi connectivity index (χ0v) is 21.2. The number of carbonyl (C=O) groups is 1. The van der Waals surface area contributed by atoms with E-state index in [-0.39, 0.29) is 22.6 Å². The minimum atomic E-state index is -0.439. The first-order chi connectivity index (χ1) is 15.3. The van der Waals surface area contributed by atoms with Gasteiger partial charge in [0.25, 0.3) is 0 Å². The molecule has 0 aliphatic carbocycles. The predicted octanol–water partition coefficient (Wildman–Crippen LogP) is 4.38. The van der Waals surface area contributed by atoms with Crippen molar-refractivity contribution in [2.45, 2.75) is 63.4 Å². The molecule has 2 heterocycles. The third-order valence-electron chi connectivity index (χ3n) is 5.48. The van der Waals surface area contributed by atoms with Crippen LogP contribution in [0.1, 0.15) is 69.8 Å². The summed E-state index contributed by atoms with van der Waals surface area (Å²) in [6.07, 6.45) is 3.56. The lowest BCUT2D eigenvalue weighted by Gasteiger charge is -2.29. The number of phenols is 1. The number of phenolic OH excluding ortho intramolecular Hbond substituents is 1. The summed E-state index contributed by atoms with van der Waals surface area (Å²) in [7, 11) is 1.69. The highest BCUT2D eigenvalue weighted by Crippen LogP contribution is 2.46. The number of benzene rings is 1. The SMILES string of the molecule is CN=Cc1c(SCC(N)=O)nc(N)c(C2C=N2)c1-c1cc(C(C)(C)C)c(O)c(C(C)(C)C)c1. The van der Waals surface area contributed by atoms with Crippen LogP contribution in [0.25, 0.3) is 11.1 Å². The van der Waals surface area contributed by atoms with Gasteiger partial charge in [-0.15, -0.1) is 0 Å². The minimum absolute atomic E-state index is 0.0752. The van der Waals surface area contributed by atoms with Crippen molar-refractivity contribution < 1.29 is 9.90 Å². The highest BCUT2D eigenvalue weighted by molar-refractivity contribution is 8.00. The van der Waals surface area contributed by atoms with E-state index in [0.717, 1.165) is 33.4 Å². The number of nitrogen functional groups attached to an aromatic ring is 1. The standard InChI is InChI=1S/C25H33N5O2S/c1-24(2,3)15-8-13(9-16(21(15)32)25(4,5)6)19-14(10-28-7)23(33-12-18(26)31)30-22(27)20(19)17-11-29-17/h8-11,17,32H,12H2,1-7H3,(H2,26,31)(H2,27,30). The molecule has 0 saturated carbocycles. The molecular weight excluding hydrogens is 434 g/mol. The van der Waals surface area contributed by atoms with E-state index in [0.29, 0.717) is 16.6 Å². The van der Waals surface area contributed by atoms with E-state index in [4.69, 9.17) is 11.5 Å². The molecule has 1 unspecified atom stereocenters.